The minimum atomic E-state index is -0.284. The van der Waals surface area contributed by atoms with Crippen molar-refractivity contribution in [2.75, 3.05) is 7.11 Å². The second kappa shape index (κ2) is 5.52. The first-order valence-corrected chi connectivity index (χ1v) is 8.25. The Kier molecular flexibility index (Phi) is 3.15. The summed E-state index contributed by atoms with van der Waals surface area (Å²) >= 11 is 0. The summed E-state index contributed by atoms with van der Waals surface area (Å²) in [4.78, 5) is 12.5. The standard InChI is InChI=1S/C21H14FN3O/c1-26-18-7-6-17-19(25-18)15-8-9-23-20(21(15)24-17)16-11-13(22)10-12-4-2-3-5-14(12)16/h2-11,24H,1H3. The number of pyridine rings is 2. The van der Waals surface area contributed by atoms with Gasteiger partial charge in [0.1, 0.15) is 5.82 Å². The van der Waals surface area contributed by atoms with Crippen LogP contribution in [0.4, 0.5) is 4.39 Å². The summed E-state index contributed by atoms with van der Waals surface area (Å²) in [7, 11) is 1.59. The summed E-state index contributed by atoms with van der Waals surface area (Å²) < 4.78 is 19.5. The van der Waals surface area contributed by atoms with Crippen LogP contribution in [0.25, 0.3) is 44.0 Å². The van der Waals surface area contributed by atoms with E-state index in [4.69, 9.17) is 4.74 Å². The second-order valence-corrected chi connectivity index (χ2v) is 6.13. The van der Waals surface area contributed by atoms with Crippen molar-refractivity contribution in [3.63, 3.8) is 0 Å². The molecule has 0 aliphatic rings. The Hall–Kier alpha value is -3.47. The van der Waals surface area contributed by atoms with Crippen LogP contribution in [-0.4, -0.2) is 22.1 Å². The van der Waals surface area contributed by atoms with Gasteiger partial charge in [-0.3, -0.25) is 4.98 Å². The molecule has 0 atom stereocenters. The maximum atomic E-state index is 14.2. The van der Waals surface area contributed by atoms with Gasteiger partial charge in [-0.05, 0) is 35.0 Å². The highest BCUT2D eigenvalue weighted by atomic mass is 19.1. The predicted molar refractivity (Wildman–Crippen MR) is 101 cm³/mol. The maximum Gasteiger partial charge on any atom is 0.213 e. The highest BCUT2D eigenvalue weighted by Crippen LogP contribution is 2.35. The summed E-state index contributed by atoms with van der Waals surface area (Å²) in [5.41, 5.74) is 3.98. The fraction of sp³-hybridized carbons (Fsp3) is 0.0476. The van der Waals surface area contributed by atoms with Gasteiger partial charge in [-0.25, -0.2) is 9.37 Å². The molecule has 0 amide bonds. The van der Waals surface area contributed by atoms with Gasteiger partial charge in [0.2, 0.25) is 5.88 Å². The number of nitrogens with zero attached hydrogens (tertiary/aromatic N) is 2. The lowest BCUT2D eigenvalue weighted by atomic mass is 10.0. The van der Waals surface area contributed by atoms with E-state index in [2.05, 4.69) is 15.0 Å². The molecule has 126 valence electrons. The molecule has 0 unspecified atom stereocenters. The van der Waals surface area contributed by atoms with Gasteiger partial charge < -0.3 is 9.72 Å². The first-order valence-electron chi connectivity index (χ1n) is 8.25. The summed E-state index contributed by atoms with van der Waals surface area (Å²) in [6.07, 6.45) is 1.73. The minimum absolute atomic E-state index is 0.284. The molecule has 0 spiro atoms. The van der Waals surface area contributed by atoms with Gasteiger partial charge >= 0.3 is 0 Å². The molecular formula is C21H14FN3O. The molecule has 0 radical (unpaired) electrons. The summed E-state index contributed by atoms with van der Waals surface area (Å²) in [6.45, 7) is 0. The molecular weight excluding hydrogens is 329 g/mol. The smallest absolute Gasteiger partial charge is 0.213 e. The van der Waals surface area contributed by atoms with E-state index in [1.807, 2.05) is 42.5 Å². The Morgan fingerprint density at radius 2 is 1.88 bits per heavy atom. The molecule has 1 N–H and O–H groups in total. The molecule has 26 heavy (non-hydrogen) atoms. The van der Waals surface area contributed by atoms with Gasteiger partial charge in [0, 0.05) is 23.2 Å². The van der Waals surface area contributed by atoms with Crippen molar-refractivity contribution in [2.24, 2.45) is 0 Å². The monoisotopic (exact) mass is 343 g/mol. The molecule has 0 aliphatic heterocycles. The molecule has 0 saturated carbocycles. The van der Waals surface area contributed by atoms with E-state index in [0.29, 0.717) is 11.6 Å². The topological polar surface area (TPSA) is 50.8 Å². The van der Waals surface area contributed by atoms with Crippen LogP contribution >= 0.6 is 0 Å². The van der Waals surface area contributed by atoms with Crippen molar-refractivity contribution in [2.45, 2.75) is 0 Å². The fourth-order valence-corrected chi connectivity index (χ4v) is 3.46. The molecule has 2 aromatic carbocycles. The van der Waals surface area contributed by atoms with Crippen molar-refractivity contribution in [3.05, 3.63) is 66.6 Å². The number of aromatic nitrogens is 3. The molecule has 0 saturated heterocycles. The molecule has 3 aromatic heterocycles. The van der Waals surface area contributed by atoms with E-state index in [0.717, 1.165) is 38.3 Å². The molecule has 0 bridgehead atoms. The Labute approximate surface area is 148 Å². The van der Waals surface area contributed by atoms with Gasteiger partial charge in [-0.1, -0.05) is 24.3 Å². The van der Waals surface area contributed by atoms with E-state index in [1.54, 1.807) is 13.3 Å². The maximum absolute atomic E-state index is 14.2. The zero-order chi connectivity index (χ0) is 17.7. The first-order chi connectivity index (χ1) is 12.7. The van der Waals surface area contributed by atoms with Crippen molar-refractivity contribution in [1.82, 2.24) is 15.0 Å². The Balaban J connectivity index is 1.89. The summed E-state index contributed by atoms with van der Waals surface area (Å²) in [6, 6.07) is 16.4. The van der Waals surface area contributed by atoms with Gasteiger partial charge in [-0.15, -0.1) is 0 Å². The van der Waals surface area contributed by atoms with Crippen LogP contribution in [0.2, 0.25) is 0 Å². The molecule has 5 heteroatoms. The number of benzene rings is 2. The van der Waals surface area contributed by atoms with Crippen LogP contribution in [0, 0.1) is 5.82 Å². The van der Waals surface area contributed by atoms with Gasteiger partial charge in [0.15, 0.2) is 0 Å². The van der Waals surface area contributed by atoms with Crippen LogP contribution < -0.4 is 4.74 Å². The number of hydrogen-bond donors (Lipinski definition) is 1. The number of H-pyrrole nitrogens is 1. The van der Waals surface area contributed by atoms with Crippen LogP contribution in [0.5, 0.6) is 5.88 Å². The number of halogens is 1. The van der Waals surface area contributed by atoms with Crippen LogP contribution in [0.15, 0.2) is 60.8 Å². The quantitative estimate of drug-likeness (QED) is 0.486. The number of methoxy groups -OCH3 is 1. The minimum Gasteiger partial charge on any atom is -0.481 e. The zero-order valence-corrected chi connectivity index (χ0v) is 14.0. The molecule has 5 aromatic rings. The third kappa shape index (κ3) is 2.14. The van der Waals surface area contributed by atoms with E-state index >= 15 is 0 Å². The third-order valence-corrected chi connectivity index (χ3v) is 4.63. The van der Waals surface area contributed by atoms with Crippen molar-refractivity contribution < 1.29 is 9.13 Å². The lowest BCUT2D eigenvalue weighted by molar-refractivity contribution is 0.399. The predicted octanol–water partition coefficient (Wildman–Crippen LogP) is 5.08. The molecule has 3 heterocycles. The summed E-state index contributed by atoms with van der Waals surface area (Å²) in [5.74, 6) is 0.265. The molecule has 5 rings (SSSR count). The van der Waals surface area contributed by atoms with Crippen LogP contribution in [0.3, 0.4) is 0 Å². The number of nitrogens with one attached hydrogen (secondary N) is 1. The number of ether oxygens (including phenoxy) is 1. The Morgan fingerprint density at radius 3 is 2.77 bits per heavy atom. The van der Waals surface area contributed by atoms with Crippen molar-refractivity contribution in [3.8, 4) is 17.1 Å². The average molecular weight is 343 g/mol. The van der Waals surface area contributed by atoms with Crippen molar-refractivity contribution >= 4 is 32.7 Å². The third-order valence-electron chi connectivity index (χ3n) is 4.63. The second-order valence-electron chi connectivity index (χ2n) is 6.13. The van der Waals surface area contributed by atoms with Gasteiger partial charge in [-0.2, -0.15) is 0 Å². The zero-order valence-electron chi connectivity index (χ0n) is 14.0. The first kappa shape index (κ1) is 14.8. The van der Waals surface area contributed by atoms with Crippen LogP contribution in [0.1, 0.15) is 0 Å². The Bertz CT molecular complexity index is 1290. The fourth-order valence-electron chi connectivity index (χ4n) is 3.46. The lowest BCUT2D eigenvalue weighted by Crippen LogP contribution is -1.89. The number of rotatable bonds is 2. The molecule has 0 aliphatic carbocycles. The normalized spacial score (nSPS) is 11.5. The van der Waals surface area contributed by atoms with E-state index in [9.17, 15) is 4.39 Å². The highest BCUT2D eigenvalue weighted by Gasteiger charge is 2.15. The molecule has 4 nitrogen and oxygen atoms in total. The number of hydrogen-bond acceptors (Lipinski definition) is 3. The number of aromatic amines is 1. The van der Waals surface area contributed by atoms with Gasteiger partial charge in [0.25, 0.3) is 0 Å². The SMILES string of the molecule is COc1ccc2[nH]c3c(-c4cc(F)cc5ccccc45)nccc3c2n1. The largest absolute Gasteiger partial charge is 0.481 e. The highest BCUT2D eigenvalue weighted by molar-refractivity contribution is 6.11. The van der Waals surface area contributed by atoms with Crippen LogP contribution in [-0.2, 0) is 0 Å². The van der Waals surface area contributed by atoms with Gasteiger partial charge in [0.05, 0.1) is 29.4 Å². The van der Waals surface area contributed by atoms with E-state index in [1.165, 1.54) is 12.1 Å². The Morgan fingerprint density at radius 1 is 1.00 bits per heavy atom. The lowest BCUT2D eigenvalue weighted by Gasteiger charge is -2.08. The van der Waals surface area contributed by atoms with E-state index in [-0.39, 0.29) is 5.82 Å². The van der Waals surface area contributed by atoms with Crippen molar-refractivity contribution in [1.29, 1.82) is 0 Å². The number of fused-ring (bicyclic) bond motifs is 4. The van der Waals surface area contributed by atoms with E-state index < -0.39 is 0 Å². The molecule has 0 fully saturated rings. The average Bonchev–Trinajstić information content (AvgIpc) is 3.05. The summed E-state index contributed by atoms with van der Waals surface area (Å²) in [5, 5.41) is 2.73.